The van der Waals surface area contributed by atoms with Gasteiger partial charge in [0.25, 0.3) is 5.91 Å². The molecule has 0 radical (unpaired) electrons. The summed E-state index contributed by atoms with van der Waals surface area (Å²) in [6.45, 7) is 8.19. The van der Waals surface area contributed by atoms with Crippen LogP contribution in [0.5, 0.6) is 0 Å². The quantitative estimate of drug-likeness (QED) is 0.421. The molecule has 35 heavy (non-hydrogen) atoms. The number of pyridine rings is 1. The Morgan fingerprint density at radius 1 is 1.03 bits per heavy atom. The molecule has 0 saturated carbocycles. The second-order valence-corrected chi connectivity index (χ2v) is 9.75. The van der Waals surface area contributed by atoms with Gasteiger partial charge in [0.05, 0.1) is 10.4 Å². The molecule has 4 aromatic rings. The summed E-state index contributed by atoms with van der Waals surface area (Å²) in [4.78, 5) is 36.5. The lowest BCUT2D eigenvalue weighted by molar-refractivity contribution is 0.102. The number of thiazole rings is 1. The van der Waals surface area contributed by atoms with E-state index in [1.54, 1.807) is 29.8 Å². The fraction of sp³-hybridized carbons (Fsp3) is 0.320. The first-order valence-electron chi connectivity index (χ1n) is 11.7. The Labute approximate surface area is 208 Å². The summed E-state index contributed by atoms with van der Waals surface area (Å²) < 4.78 is 0. The minimum absolute atomic E-state index is 0.258. The zero-order valence-corrected chi connectivity index (χ0v) is 20.8. The van der Waals surface area contributed by atoms with Crippen molar-refractivity contribution in [2.24, 2.45) is 0 Å². The van der Waals surface area contributed by atoms with Crippen LogP contribution in [0.4, 0.5) is 16.9 Å². The molecule has 0 aliphatic carbocycles. The number of anilines is 3. The van der Waals surface area contributed by atoms with Gasteiger partial charge in [-0.1, -0.05) is 23.5 Å². The lowest BCUT2D eigenvalue weighted by Crippen LogP contribution is -2.49. The van der Waals surface area contributed by atoms with Gasteiger partial charge in [-0.3, -0.25) is 15.0 Å². The van der Waals surface area contributed by atoms with E-state index >= 15 is 0 Å². The van der Waals surface area contributed by atoms with Crippen molar-refractivity contribution in [3.05, 3.63) is 54.5 Å². The highest BCUT2D eigenvalue weighted by Gasteiger charge is 2.20. The molecule has 1 amide bonds. The van der Waals surface area contributed by atoms with E-state index in [-0.39, 0.29) is 11.9 Å². The molecular formula is C25H28N8OS. The number of carbonyl (C=O) groups excluding carboxylic acids is 1. The van der Waals surface area contributed by atoms with E-state index in [1.165, 1.54) is 0 Å². The van der Waals surface area contributed by atoms with E-state index in [9.17, 15) is 4.79 Å². The Morgan fingerprint density at radius 2 is 1.86 bits per heavy atom. The minimum atomic E-state index is -0.258. The molecule has 5 rings (SSSR count). The van der Waals surface area contributed by atoms with E-state index in [2.05, 4.69) is 54.2 Å². The lowest BCUT2D eigenvalue weighted by atomic mass is 10.1. The summed E-state index contributed by atoms with van der Waals surface area (Å²) in [5.74, 6) is 0.825. The maximum Gasteiger partial charge on any atom is 0.258 e. The molecule has 0 unspecified atom stereocenters. The molecule has 0 atom stereocenters. The van der Waals surface area contributed by atoms with Crippen molar-refractivity contribution in [3.8, 4) is 10.4 Å². The van der Waals surface area contributed by atoms with Gasteiger partial charge in [-0.05, 0) is 37.6 Å². The van der Waals surface area contributed by atoms with Crippen molar-refractivity contribution in [2.75, 3.05) is 48.8 Å². The molecular weight excluding hydrogens is 460 g/mol. The predicted molar refractivity (Wildman–Crippen MR) is 141 cm³/mol. The molecule has 1 aliphatic heterocycles. The monoisotopic (exact) mass is 488 g/mol. The maximum absolute atomic E-state index is 13.0. The molecule has 3 aromatic heterocycles. The third kappa shape index (κ3) is 5.08. The van der Waals surface area contributed by atoms with E-state index in [0.717, 1.165) is 58.5 Å². The Morgan fingerprint density at radius 3 is 2.60 bits per heavy atom. The Bertz CT molecular complexity index is 1350. The molecule has 10 heteroatoms. The SMILES string of the molecule is CNc1ncc(-c2ccc3cnc(NC(=O)c4ccnc(N5CCN(C(C)C)CC5)c4)nc3c2)s1. The topological polar surface area (TPSA) is 99.2 Å². The lowest BCUT2D eigenvalue weighted by Gasteiger charge is -2.37. The molecule has 1 saturated heterocycles. The fourth-order valence-corrected chi connectivity index (χ4v) is 4.90. The van der Waals surface area contributed by atoms with Crippen molar-refractivity contribution in [1.82, 2.24) is 24.8 Å². The highest BCUT2D eigenvalue weighted by atomic mass is 32.1. The molecule has 1 aromatic carbocycles. The third-order valence-electron chi connectivity index (χ3n) is 6.19. The average Bonchev–Trinajstić information content (AvgIpc) is 3.38. The molecule has 180 valence electrons. The van der Waals surface area contributed by atoms with Crippen LogP contribution < -0.4 is 15.5 Å². The molecule has 0 spiro atoms. The van der Waals surface area contributed by atoms with Gasteiger partial charge in [-0.25, -0.2) is 19.9 Å². The van der Waals surface area contributed by atoms with Crippen LogP contribution in [0.2, 0.25) is 0 Å². The largest absolute Gasteiger partial charge is 0.365 e. The zero-order chi connectivity index (χ0) is 24.4. The van der Waals surface area contributed by atoms with E-state index in [0.29, 0.717) is 11.6 Å². The number of nitrogens with one attached hydrogen (secondary N) is 2. The second kappa shape index (κ2) is 9.93. The first-order chi connectivity index (χ1) is 17.0. The highest BCUT2D eigenvalue weighted by molar-refractivity contribution is 7.18. The van der Waals surface area contributed by atoms with Gasteiger partial charge in [0.2, 0.25) is 5.95 Å². The number of carbonyl (C=O) groups is 1. The van der Waals surface area contributed by atoms with Crippen LogP contribution in [0.25, 0.3) is 21.3 Å². The van der Waals surface area contributed by atoms with Crippen LogP contribution in [-0.4, -0.2) is 70.0 Å². The summed E-state index contributed by atoms with van der Waals surface area (Å²) in [6, 6.07) is 10.1. The van der Waals surface area contributed by atoms with Crippen molar-refractivity contribution >= 4 is 45.0 Å². The highest BCUT2D eigenvalue weighted by Crippen LogP contribution is 2.30. The van der Waals surface area contributed by atoms with Crippen LogP contribution in [0, 0.1) is 0 Å². The van der Waals surface area contributed by atoms with E-state index in [1.807, 2.05) is 37.5 Å². The number of piperazine rings is 1. The van der Waals surface area contributed by atoms with Gasteiger partial charge < -0.3 is 10.2 Å². The summed E-state index contributed by atoms with van der Waals surface area (Å²) in [7, 11) is 1.85. The number of aromatic nitrogens is 4. The van der Waals surface area contributed by atoms with Crippen molar-refractivity contribution < 1.29 is 4.79 Å². The van der Waals surface area contributed by atoms with Gasteiger partial charge in [0.1, 0.15) is 5.82 Å². The molecule has 4 heterocycles. The molecule has 1 fully saturated rings. The number of hydrogen-bond donors (Lipinski definition) is 2. The summed E-state index contributed by atoms with van der Waals surface area (Å²) in [5, 5.41) is 7.65. The van der Waals surface area contributed by atoms with E-state index in [4.69, 9.17) is 0 Å². The van der Waals surface area contributed by atoms with Gasteiger partial charge in [-0.2, -0.15) is 0 Å². The van der Waals surface area contributed by atoms with E-state index < -0.39 is 0 Å². The summed E-state index contributed by atoms with van der Waals surface area (Å²) in [5.41, 5.74) is 2.30. The van der Waals surface area contributed by atoms with Gasteiger partial charge in [0, 0.05) is 68.8 Å². The Hall–Kier alpha value is -3.63. The van der Waals surface area contributed by atoms with Gasteiger partial charge in [0.15, 0.2) is 5.13 Å². The standard InChI is InChI=1S/C25H28N8OS/c1-16(2)32-8-10-33(11-9-32)22-13-18(6-7-27-22)23(34)31-24-28-14-19-5-4-17(12-20(19)30-24)21-15-29-25(26-3)35-21/h4-7,12-16H,8-11H2,1-3H3,(H,26,29)(H,28,30,31,34). The van der Waals surface area contributed by atoms with Crippen molar-refractivity contribution in [1.29, 1.82) is 0 Å². The normalized spacial score (nSPS) is 14.5. The number of amides is 1. The second-order valence-electron chi connectivity index (χ2n) is 8.72. The third-order valence-corrected chi connectivity index (χ3v) is 7.25. The Kier molecular flexibility index (Phi) is 6.56. The van der Waals surface area contributed by atoms with Crippen LogP contribution in [0.1, 0.15) is 24.2 Å². The smallest absolute Gasteiger partial charge is 0.258 e. The zero-order valence-electron chi connectivity index (χ0n) is 20.0. The molecule has 0 bridgehead atoms. The summed E-state index contributed by atoms with van der Waals surface area (Å²) in [6.07, 6.45) is 5.24. The Balaban J connectivity index is 1.31. The maximum atomic E-state index is 13.0. The predicted octanol–water partition coefficient (Wildman–Crippen LogP) is 3.97. The number of fused-ring (bicyclic) bond motifs is 1. The summed E-state index contributed by atoms with van der Waals surface area (Å²) >= 11 is 1.57. The molecule has 2 N–H and O–H groups in total. The number of benzene rings is 1. The fourth-order valence-electron chi connectivity index (χ4n) is 4.13. The van der Waals surface area contributed by atoms with Crippen LogP contribution in [0.3, 0.4) is 0 Å². The van der Waals surface area contributed by atoms with Crippen LogP contribution in [0.15, 0.2) is 48.9 Å². The van der Waals surface area contributed by atoms with Gasteiger partial charge >= 0.3 is 0 Å². The van der Waals surface area contributed by atoms with Crippen molar-refractivity contribution in [2.45, 2.75) is 19.9 Å². The molecule has 9 nitrogen and oxygen atoms in total. The van der Waals surface area contributed by atoms with Crippen molar-refractivity contribution in [3.63, 3.8) is 0 Å². The average molecular weight is 489 g/mol. The van der Waals surface area contributed by atoms with Gasteiger partial charge in [-0.15, -0.1) is 0 Å². The van der Waals surface area contributed by atoms with Crippen LogP contribution >= 0.6 is 11.3 Å². The first kappa shape index (κ1) is 23.1. The number of hydrogen-bond acceptors (Lipinski definition) is 9. The number of rotatable bonds is 6. The number of nitrogens with zero attached hydrogens (tertiary/aromatic N) is 6. The minimum Gasteiger partial charge on any atom is -0.365 e. The first-order valence-corrected chi connectivity index (χ1v) is 12.5. The molecule has 1 aliphatic rings. The van der Waals surface area contributed by atoms with Crippen LogP contribution in [-0.2, 0) is 0 Å².